The molecule has 4 aliphatic heterocycles. The zero-order chi connectivity index (χ0) is 40.1. The molecule has 0 bridgehead atoms. The summed E-state index contributed by atoms with van der Waals surface area (Å²) in [4.78, 5) is 74.6. The van der Waals surface area contributed by atoms with Crippen LogP contribution in [0.5, 0.6) is 0 Å². The SMILES string of the molecule is CN(C)C(=O)c1cc2cnc(Nc3ccc(N4CCC(N5CCN(Cc6cc7c(cc6F)C(=O)N(C6CCC(=O)NC6=O)C7)CC5)CC4)cn3)nc2n1C1CCCC1. The highest BCUT2D eigenvalue weighted by Crippen LogP contribution is 2.35. The largest absolute Gasteiger partial charge is 0.370 e. The third-order valence-electron chi connectivity index (χ3n) is 12.7. The molecule has 1 aromatic carbocycles. The van der Waals surface area contributed by atoms with E-state index in [9.17, 15) is 19.2 Å². The van der Waals surface area contributed by atoms with Gasteiger partial charge in [-0.25, -0.2) is 14.4 Å². The molecule has 3 aromatic heterocycles. The smallest absolute Gasteiger partial charge is 0.270 e. The van der Waals surface area contributed by atoms with Crippen molar-refractivity contribution in [1.82, 2.24) is 44.4 Å². The number of amides is 4. The zero-order valence-corrected chi connectivity index (χ0v) is 33.1. The standard InChI is InChI=1S/C42H50FN11O4/c1-49(2)41(58)35-20-26-22-45-42(48-38(26)54(35)30-5-3-4-6-30)46-36-9-7-31(23-44-36)51-13-11-29(12-14-51)52-17-15-50(16-18-52)24-28-19-27-25-53(40(57)32(27)21-33(28)43)34-8-10-37(55)47-39(34)56/h7,9,19-23,29-30,34H,3-6,8,10-18,24-25H2,1-2H3,(H,47,55,56)(H,44,45,46,48). The van der Waals surface area contributed by atoms with Crippen molar-refractivity contribution in [2.24, 2.45) is 0 Å². The van der Waals surface area contributed by atoms with E-state index in [2.05, 4.69) is 41.0 Å². The van der Waals surface area contributed by atoms with Crippen LogP contribution in [0.4, 0.5) is 21.8 Å². The summed E-state index contributed by atoms with van der Waals surface area (Å²) >= 11 is 0. The first kappa shape index (κ1) is 38.1. The monoisotopic (exact) mass is 791 g/mol. The number of hydrogen-bond acceptors (Lipinski definition) is 11. The first-order valence-corrected chi connectivity index (χ1v) is 20.6. The first-order valence-electron chi connectivity index (χ1n) is 20.6. The second-order valence-electron chi connectivity index (χ2n) is 16.6. The van der Waals surface area contributed by atoms with E-state index in [0.29, 0.717) is 41.2 Å². The second-order valence-corrected chi connectivity index (χ2v) is 16.6. The minimum atomic E-state index is -0.718. The van der Waals surface area contributed by atoms with Gasteiger partial charge in [-0.3, -0.25) is 34.3 Å². The van der Waals surface area contributed by atoms with Gasteiger partial charge in [-0.15, -0.1) is 0 Å². The molecular formula is C42H50FN11O4. The van der Waals surface area contributed by atoms with Crippen LogP contribution in [-0.4, -0.2) is 128 Å². The molecule has 0 spiro atoms. The summed E-state index contributed by atoms with van der Waals surface area (Å²) in [5.41, 5.74) is 4.08. The van der Waals surface area contributed by atoms with Crippen LogP contribution in [0.3, 0.4) is 0 Å². The quantitative estimate of drug-likeness (QED) is 0.236. The van der Waals surface area contributed by atoms with Crippen LogP contribution in [0, 0.1) is 5.82 Å². The van der Waals surface area contributed by atoms with E-state index in [1.165, 1.54) is 11.0 Å². The van der Waals surface area contributed by atoms with Crippen LogP contribution in [0.2, 0.25) is 0 Å². The maximum atomic E-state index is 15.3. The van der Waals surface area contributed by atoms with Gasteiger partial charge in [0.1, 0.15) is 29.0 Å². The summed E-state index contributed by atoms with van der Waals surface area (Å²) in [6, 6.07) is 9.06. The predicted molar refractivity (Wildman–Crippen MR) is 215 cm³/mol. The normalized spacial score (nSPS) is 21.2. The maximum Gasteiger partial charge on any atom is 0.270 e. The first-order chi connectivity index (χ1) is 28.1. The van der Waals surface area contributed by atoms with Crippen LogP contribution in [-0.2, 0) is 22.7 Å². The molecule has 4 fully saturated rings. The van der Waals surface area contributed by atoms with Gasteiger partial charge in [0.2, 0.25) is 17.8 Å². The van der Waals surface area contributed by atoms with Gasteiger partial charge in [0.05, 0.1) is 11.9 Å². The van der Waals surface area contributed by atoms with E-state index in [-0.39, 0.29) is 43.1 Å². The number of anilines is 3. The van der Waals surface area contributed by atoms with Crippen molar-refractivity contribution in [3.8, 4) is 0 Å². The molecule has 9 rings (SSSR count). The summed E-state index contributed by atoms with van der Waals surface area (Å²) < 4.78 is 17.4. The Bertz CT molecular complexity index is 2240. The Kier molecular flexibility index (Phi) is 10.3. The molecule has 2 N–H and O–H groups in total. The van der Waals surface area contributed by atoms with Crippen LogP contribution >= 0.6 is 0 Å². The Balaban J connectivity index is 0.765. The fraction of sp³-hybridized carbons (Fsp3) is 0.500. The molecule has 1 atom stereocenters. The van der Waals surface area contributed by atoms with E-state index in [0.717, 1.165) is 100 Å². The van der Waals surface area contributed by atoms with Gasteiger partial charge in [-0.2, -0.15) is 4.98 Å². The summed E-state index contributed by atoms with van der Waals surface area (Å²) in [6.45, 7) is 6.04. The van der Waals surface area contributed by atoms with Crippen LogP contribution < -0.4 is 15.5 Å². The molecular weight excluding hydrogens is 742 g/mol. The van der Waals surface area contributed by atoms with Crippen LogP contribution in [0.25, 0.3) is 11.0 Å². The molecule has 4 amide bonds. The summed E-state index contributed by atoms with van der Waals surface area (Å²) in [6.07, 6.45) is 10.6. The van der Waals surface area contributed by atoms with E-state index in [1.807, 2.05) is 18.3 Å². The number of carbonyl (C=O) groups excluding carboxylic acids is 4. The third-order valence-corrected chi connectivity index (χ3v) is 12.7. The molecule has 5 aliphatic rings. The number of halogens is 1. The average molecular weight is 792 g/mol. The number of fused-ring (bicyclic) bond motifs is 2. The van der Waals surface area contributed by atoms with Gasteiger partial charge in [-0.1, -0.05) is 12.8 Å². The average Bonchev–Trinajstić information content (AvgIpc) is 3.96. The lowest BCUT2D eigenvalue weighted by Gasteiger charge is -2.43. The van der Waals surface area contributed by atoms with Gasteiger partial charge in [-0.05, 0) is 68.0 Å². The number of benzene rings is 1. The van der Waals surface area contributed by atoms with Crippen molar-refractivity contribution in [1.29, 1.82) is 0 Å². The van der Waals surface area contributed by atoms with Crippen molar-refractivity contribution < 1.29 is 23.6 Å². The number of rotatable bonds is 9. The molecule has 3 saturated heterocycles. The topological polar surface area (TPSA) is 152 Å². The summed E-state index contributed by atoms with van der Waals surface area (Å²) in [7, 11) is 3.55. The number of pyridine rings is 1. The van der Waals surface area contributed by atoms with Gasteiger partial charge >= 0.3 is 0 Å². The molecule has 1 saturated carbocycles. The minimum Gasteiger partial charge on any atom is -0.370 e. The highest BCUT2D eigenvalue weighted by Gasteiger charge is 2.40. The van der Waals surface area contributed by atoms with E-state index in [4.69, 9.17) is 9.97 Å². The van der Waals surface area contributed by atoms with Crippen LogP contribution in [0.15, 0.2) is 42.7 Å². The molecule has 304 valence electrons. The number of nitrogens with one attached hydrogen (secondary N) is 2. The number of aromatic nitrogens is 4. The van der Waals surface area contributed by atoms with E-state index >= 15 is 4.39 Å². The molecule has 7 heterocycles. The lowest BCUT2D eigenvalue weighted by atomic mass is 10.0. The zero-order valence-electron chi connectivity index (χ0n) is 33.1. The predicted octanol–water partition coefficient (Wildman–Crippen LogP) is 4.07. The fourth-order valence-electron chi connectivity index (χ4n) is 9.53. The number of carbonyl (C=O) groups is 4. The number of hydrogen-bond donors (Lipinski definition) is 2. The number of imide groups is 1. The Labute approximate surface area is 336 Å². The molecule has 0 radical (unpaired) electrons. The molecule has 16 heteroatoms. The molecule has 1 unspecified atom stereocenters. The number of nitrogens with zero attached hydrogens (tertiary/aromatic N) is 9. The van der Waals surface area contributed by atoms with Crippen molar-refractivity contribution in [2.45, 2.75) is 82.6 Å². The van der Waals surface area contributed by atoms with Crippen molar-refractivity contribution >= 4 is 52.1 Å². The Morgan fingerprint density at radius 2 is 1.69 bits per heavy atom. The number of piperazine rings is 1. The highest BCUT2D eigenvalue weighted by atomic mass is 19.1. The fourth-order valence-corrected chi connectivity index (χ4v) is 9.53. The van der Waals surface area contributed by atoms with Crippen molar-refractivity contribution in [2.75, 3.05) is 63.6 Å². The van der Waals surface area contributed by atoms with Crippen molar-refractivity contribution in [3.63, 3.8) is 0 Å². The summed E-state index contributed by atoms with van der Waals surface area (Å²) in [5, 5.41) is 6.44. The van der Waals surface area contributed by atoms with Gasteiger partial charge in [0.25, 0.3) is 11.8 Å². The molecule has 1 aliphatic carbocycles. The van der Waals surface area contributed by atoms with Gasteiger partial charge in [0, 0.05) is 108 Å². The minimum absolute atomic E-state index is 0.0337. The Morgan fingerprint density at radius 3 is 2.40 bits per heavy atom. The highest BCUT2D eigenvalue weighted by molar-refractivity contribution is 6.05. The Hall–Kier alpha value is -5.48. The van der Waals surface area contributed by atoms with E-state index < -0.39 is 17.8 Å². The lowest BCUT2D eigenvalue weighted by molar-refractivity contribution is -0.136. The molecule has 15 nitrogen and oxygen atoms in total. The molecule has 58 heavy (non-hydrogen) atoms. The van der Waals surface area contributed by atoms with Gasteiger partial charge < -0.3 is 24.6 Å². The number of piperidine rings is 2. The second kappa shape index (κ2) is 15.7. The summed E-state index contributed by atoms with van der Waals surface area (Å²) in [5.74, 6) is -0.500. The molecule has 4 aromatic rings. The van der Waals surface area contributed by atoms with E-state index in [1.54, 1.807) is 31.3 Å². The lowest BCUT2D eigenvalue weighted by Crippen LogP contribution is -2.53. The third kappa shape index (κ3) is 7.39. The Morgan fingerprint density at radius 1 is 0.914 bits per heavy atom. The van der Waals surface area contributed by atoms with Gasteiger partial charge in [0.15, 0.2) is 0 Å². The van der Waals surface area contributed by atoms with Crippen molar-refractivity contribution in [3.05, 3.63) is 70.9 Å². The maximum absolute atomic E-state index is 15.3. The van der Waals surface area contributed by atoms with Crippen LogP contribution in [0.1, 0.15) is 89.4 Å².